The van der Waals surface area contributed by atoms with Gasteiger partial charge in [0.2, 0.25) is 0 Å². The molecule has 3 aliphatic heterocycles. The van der Waals surface area contributed by atoms with Crippen molar-refractivity contribution in [3.8, 4) is 0 Å². The van der Waals surface area contributed by atoms with E-state index in [4.69, 9.17) is 29.4 Å². The summed E-state index contributed by atoms with van der Waals surface area (Å²) in [5.41, 5.74) is 2.20. The lowest BCUT2D eigenvalue weighted by Crippen LogP contribution is -2.63. The van der Waals surface area contributed by atoms with E-state index in [1.165, 1.54) is 18.9 Å². The Balaban J connectivity index is 1.81. The number of rotatable bonds is 11. The number of esters is 1. The molecule has 3 saturated heterocycles. The van der Waals surface area contributed by atoms with Crippen LogP contribution >= 0.6 is 0 Å². The van der Waals surface area contributed by atoms with Gasteiger partial charge in [-0.3, -0.25) is 9.78 Å². The number of hydrogen-bond acceptors (Lipinski definition) is 14. The summed E-state index contributed by atoms with van der Waals surface area (Å²) in [6, 6.07) is 2.10. The first-order valence-corrected chi connectivity index (χ1v) is 19.9. The third kappa shape index (κ3) is 9.54. The Bertz CT molecular complexity index is 1490. The maximum atomic E-state index is 16.9. The number of halogens is 1. The molecular weight excluding hydrogens is 727 g/mol. The SMILES string of the molecule is CCN(C)N1C(=O)O[C@]2(C)[C@@H](C)OC(=O)C(C)(F)C(=O)[C@H](C)[C@@H](O[C@@H]3O[C@H](C)C[C@H](N(C)C)[C@H]3O)[C@@](C)(OCCNCc3ccncc3)C[C@@H](C)C(N)[C@H](C)[C@@H]12. The molecule has 4 rings (SSSR count). The summed E-state index contributed by atoms with van der Waals surface area (Å²) in [5, 5.41) is 18.1. The molecule has 3 aliphatic rings. The van der Waals surface area contributed by atoms with E-state index in [-0.39, 0.29) is 31.1 Å². The number of ether oxygens (including phenoxy) is 5. The molecule has 0 spiro atoms. The second-order valence-electron chi connectivity index (χ2n) is 17.0. The Hall–Kier alpha value is -2.83. The highest BCUT2D eigenvalue weighted by Crippen LogP contribution is 2.44. The van der Waals surface area contributed by atoms with Crippen LogP contribution in [0.1, 0.15) is 80.7 Å². The lowest BCUT2D eigenvalue weighted by molar-refractivity contribution is -0.298. The molecule has 4 heterocycles. The summed E-state index contributed by atoms with van der Waals surface area (Å²) < 4.78 is 48.3. The van der Waals surface area contributed by atoms with Gasteiger partial charge >= 0.3 is 12.1 Å². The number of pyridine rings is 1. The molecular formula is C40H67FN6O9. The average Bonchev–Trinajstić information content (AvgIpc) is 3.43. The molecule has 318 valence electrons. The van der Waals surface area contributed by atoms with Gasteiger partial charge in [-0.1, -0.05) is 27.7 Å². The highest BCUT2D eigenvalue weighted by atomic mass is 19.1. The normalized spacial score (nSPS) is 40.3. The number of Topliss-reactive ketones (excluding diaryl/α,β-unsaturated/α-hetero) is 1. The maximum absolute atomic E-state index is 16.9. The van der Waals surface area contributed by atoms with E-state index in [1.807, 2.05) is 58.8 Å². The molecule has 2 unspecified atom stereocenters. The van der Waals surface area contributed by atoms with Crippen molar-refractivity contribution >= 4 is 17.8 Å². The second kappa shape index (κ2) is 18.4. The zero-order chi connectivity index (χ0) is 41.9. The molecule has 0 saturated carbocycles. The number of likely N-dealkylation sites (N-methyl/N-ethyl adjacent to an activating group) is 1. The van der Waals surface area contributed by atoms with E-state index >= 15 is 4.39 Å². The van der Waals surface area contributed by atoms with Crippen molar-refractivity contribution < 1.29 is 47.6 Å². The van der Waals surface area contributed by atoms with E-state index < -0.39 is 83.2 Å². The average molecular weight is 795 g/mol. The van der Waals surface area contributed by atoms with Crippen LogP contribution in [0.25, 0.3) is 0 Å². The van der Waals surface area contributed by atoms with Crippen LogP contribution in [0.3, 0.4) is 0 Å². The molecule has 56 heavy (non-hydrogen) atoms. The quantitative estimate of drug-likeness (QED) is 0.169. The first kappa shape index (κ1) is 45.9. The fourth-order valence-electron chi connectivity index (χ4n) is 8.72. The third-order valence-electron chi connectivity index (χ3n) is 12.4. The van der Waals surface area contributed by atoms with Gasteiger partial charge in [-0.05, 0) is 91.1 Å². The minimum atomic E-state index is -3.15. The van der Waals surface area contributed by atoms with Gasteiger partial charge in [-0.15, -0.1) is 0 Å². The number of aromatic nitrogens is 1. The number of aliphatic hydroxyl groups excluding tert-OH is 1. The molecule has 1 aromatic rings. The van der Waals surface area contributed by atoms with Crippen LogP contribution in [0.2, 0.25) is 0 Å². The number of carbonyl (C=O) groups is 3. The summed E-state index contributed by atoms with van der Waals surface area (Å²) in [6.45, 7) is 16.5. The van der Waals surface area contributed by atoms with Crippen LogP contribution in [0.15, 0.2) is 24.5 Å². The van der Waals surface area contributed by atoms with E-state index in [0.717, 1.165) is 12.5 Å². The van der Waals surface area contributed by atoms with Crippen molar-refractivity contribution in [2.45, 2.75) is 147 Å². The first-order valence-electron chi connectivity index (χ1n) is 19.9. The van der Waals surface area contributed by atoms with Gasteiger partial charge in [0.05, 0.1) is 30.5 Å². The number of hydrogen-bond donors (Lipinski definition) is 3. The lowest BCUT2D eigenvalue weighted by atomic mass is 9.72. The predicted octanol–water partition coefficient (Wildman–Crippen LogP) is 3.07. The molecule has 0 aliphatic carbocycles. The number of nitrogens with zero attached hydrogens (tertiary/aromatic N) is 4. The van der Waals surface area contributed by atoms with Gasteiger partial charge in [0.1, 0.15) is 12.2 Å². The van der Waals surface area contributed by atoms with Crippen LogP contribution in [0.4, 0.5) is 9.18 Å². The molecule has 3 fully saturated rings. The molecule has 0 radical (unpaired) electrons. The van der Waals surface area contributed by atoms with Crippen molar-refractivity contribution in [3.05, 3.63) is 30.1 Å². The third-order valence-corrected chi connectivity index (χ3v) is 12.4. The van der Waals surface area contributed by atoms with Gasteiger partial charge in [-0.2, -0.15) is 0 Å². The highest BCUT2D eigenvalue weighted by molar-refractivity contribution is 6.07. The maximum Gasteiger partial charge on any atom is 0.425 e. The van der Waals surface area contributed by atoms with Crippen LogP contribution in [0.5, 0.6) is 0 Å². The molecule has 1 amide bonds. The zero-order valence-corrected chi connectivity index (χ0v) is 35.4. The molecule has 14 atom stereocenters. The minimum absolute atomic E-state index is 0.148. The topological polar surface area (TPSA) is 178 Å². The molecule has 16 heteroatoms. The van der Waals surface area contributed by atoms with Crippen LogP contribution in [0, 0.1) is 17.8 Å². The second-order valence-corrected chi connectivity index (χ2v) is 17.0. The number of nitrogens with one attached hydrogen (secondary N) is 1. The number of alkyl halides is 1. The molecule has 15 nitrogen and oxygen atoms in total. The number of cyclic esters (lactones) is 1. The summed E-state index contributed by atoms with van der Waals surface area (Å²) >= 11 is 0. The fourth-order valence-corrected chi connectivity index (χ4v) is 8.72. The Morgan fingerprint density at radius 1 is 1.09 bits per heavy atom. The van der Waals surface area contributed by atoms with Crippen molar-refractivity contribution in [2.24, 2.45) is 23.5 Å². The number of ketones is 1. The van der Waals surface area contributed by atoms with Crippen molar-refractivity contribution in [3.63, 3.8) is 0 Å². The van der Waals surface area contributed by atoms with E-state index in [0.29, 0.717) is 26.1 Å². The van der Waals surface area contributed by atoms with E-state index in [2.05, 4.69) is 10.3 Å². The Morgan fingerprint density at radius 3 is 2.34 bits per heavy atom. The van der Waals surface area contributed by atoms with Gasteiger partial charge < -0.3 is 44.7 Å². The minimum Gasteiger partial charge on any atom is -0.456 e. The molecule has 1 aromatic heterocycles. The number of fused-ring (bicyclic) bond motifs is 1. The standard InChI is InChI=1S/C40H67FN6O9/c1-13-46(12)47-32-25(4)30(42)23(2)21-38(7,52-19-18-44-22-28-14-16-43-17-15-28)34(55-35-31(48)29(45(10)11)20-24(3)53-35)26(5)33(49)39(8,41)36(50)54-27(6)40(32,9)56-37(47)51/h14-17,23-27,29-32,34-35,44,48H,13,18-22,42H2,1-12H3/t23-,24-,25+,26+,27-,29+,30?,31-,32-,34-,35+,38+,39?,40-/m1/s1. The monoisotopic (exact) mass is 794 g/mol. The summed E-state index contributed by atoms with van der Waals surface area (Å²) in [6.07, 6.45) is -1.62. The molecule has 4 N–H and O–H groups in total. The lowest BCUT2D eigenvalue weighted by Gasteiger charge is -2.48. The zero-order valence-electron chi connectivity index (χ0n) is 35.4. The van der Waals surface area contributed by atoms with Crippen molar-refractivity contribution in [1.82, 2.24) is 25.2 Å². The summed E-state index contributed by atoms with van der Waals surface area (Å²) in [5.74, 6) is -4.68. The Labute approximate surface area is 332 Å². The number of hydrazine groups is 1. The molecule has 0 bridgehead atoms. The van der Waals surface area contributed by atoms with Gasteiger partial charge in [0.15, 0.2) is 17.7 Å². The van der Waals surface area contributed by atoms with Gasteiger partial charge in [0, 0.05) is 57.1 Å². The first-order chi connectivity index (χ1) is 26.1. The summed E-state index contributed by atoms with van der Waals surface area (Å²) in [4.78, 5) is 47.7. The Morgan fingerprint density at radius 2 is 1.73 bits per heavy atom. The Kier molecular flexibility index (Phi) is 15.1. The number of aliphatic hydroxyl groups is 1. The van der Waals surface area contributed by atoms with Crippen LogP contribution in [-0.2, 0) is 39.8 Å². The van der Waals surface area contributed by atoms with Crippen molar-refractivity contribution in [2.75, 3.05) is 40.8 Å². The summed E-state index contributed by atoms with van der Waals surface area (Å²) in [7, 11) is 5.44. The number of amides is 1. The van der Waals surface area contributed by atoms with Gasteiger partial charge in [0.25, 0.3) is 5.67 Å². The fraction of sp³-hybridized carbons (Fsp3) is 0.800. The van der Waals surface area contributed by atoms with Crippen molar-refractivity contribution in [1.29, 1.82) is 0 Å². The van der Waals surface area contributed by atoms with Crippen LogP contribution in [-0.4, -0.2) is 149 Å². The molecule has 0 aromatic carbocycles. The predicted molar refractivity (Wildman–Crippen MR) is 207 cm³/mol. The number of nitrogens with two attached hydrogens (primary N) is 1. The largest absolute Gasteiger partial charge is 0.456 e. The van der Waals surface area contributed by atoms with E-state index in [1.54, 1.807) is 38.3 Å². The smallest absolute Gasteiger partial charge is 0.425 e. The highest BCUT2D eigenvalue weighted by Gasteiger charge is 2.62. The van der Waals surface area contributed by atoms with Crippen LogP contribution < -0.4 is 11.1 Å². The van der Waals surface area contributed by atoms with Gasteiger partial charge in [-0.25, -0.2) is 24.0 Å². The van der Waals surface area contributed by atoms with E-state index in [9.17, 15) is 19.5 Å². The number of carbonyl (C=O) groups excluding carboxylic acids is 3.